The van der Waals surface area contributed by atoms with Crippen LogP contribution in [0.25, 0.3) is 6.08 Å². The highest BCUT2D eigenvalue weighted by molar-refractivity contribution is 6.12. The zero-order valence-electron chi connectivity index (χ0n) is 16.5. The molecule has 1 heterocycles. The van der Waals surface area contributed by atoms with Crippen LogP contribution in [-0.4, -0.2) is 37.7 Å². The predicted molar refractivity (Wildman–Crippen MR) is 107 cm³/mol. The Hall–Kier alpha value is -3.68. The highest BCUT2D eigenvalue weighted by Crippen LogP contribution is 2.30. The molecule has 0 fully saturated rings. The lowest BCUT2D eigenvalue weighted by molar-refractivity contribution is -0.145. The van der Waals surface area contributed by atoms with Crippen molar-refractivity contribution in [1.82, 2.24) is 0 Å². The van der Waals surface area contributed by atoms with Gasteiger partial charge in [0.1, 0.15) is 5.82 Å². The zero-order valence-corrected chi connectivity index (χ0v) is 16.5. The van der Waals surface area contributed by atoms with E-state index in [1.54, 1.807) is 25.1 Å². The largest absolute Gasteiger partial charge is 0.490 e. The molecular weight excluding hydrogens is 393 g/mol. The summed E-state index contributed by atoms with van der Waals surface area (Å²) in [5, 5.41) is 0. The summed E-state index contributed by atoms with van der Waals surface area (Å²) >= 11 is 0. The van der Waals surface area contributed by atoms with Gasteiger partial charge in [-0.2, -0.15) is 0 Å². The van der Waals surface area contributed by atoms with Gasteiger partial charge in [0, 0.05) is 5.56 Å². The molecule has 0 saturated heterocycles. The fourth-order valence-electron chi connectivity index (χ4n) is 2.62. The van der Waals surface area contributed by atoms with Crippen molar-refractivity contribution in [1.29, 1.82) is 0 Å². The highest BCUT2D eigenvalue weighted by Gasteiger charge is 2.24. The number of nitrogens with zero attached hydrogens (tertiary/aromatic N) is 1. The van der Waals surface area contributed by atoms with Gasteiger partial charge in [0.25, 0.3) is 0 Å². The number of aliphatic imine (C=N–C) groups is 1. The molecule has 0 spiro atoms. The van der Waals surface area contributed by atoms with E-state index in [2.05, 4.69) is 4.99 Å². The lowest BCUT2D eigenvalue weighted by atomic mass is 10.1. The standard InChI is InChI=1S/C22H20FNO6/c1-3-27-19-12-14(5-10-18(19)29-13-20(25)28-4-2)11-17-22(26)30-21(24-17)15-6-8-16(23)9-7-15/h5-12H,3-4,13H2,1-2H3/b17-11-. The number of halogens is 1. The topological polar surface area (TPSA) is 83.4 Å². The molecule has 7 nitrogen and oxygen atoms in total. The molecule has 3 rings (SSSR count). The zero-order chi connectivity index (χ0) is 21.5. The van der Waals surface area contributed by atoms with Crippen molar-refractivity contribution < 1.29 is 32.9 Å². The van der Waals surface area contributed by atoms with Crippen LogP contribution in [0.15, 0.2) is 53.2 Å². The second-order valence-electron chi connectivity index (χ2n) is 6.08. The number of hydrogen-bond donors (Lipinski definition) is 0. The van der Waals surface area contributed by atoms with Gasteiger partial charge in [-0.05, 0) is 61.9 Å². The summed E-state index contributed by atoms with van der Waals surface area (Å²) in [6, 6.07) is 10.5. The number of rotatable bonds is 8. The van der Waals surface area contributed by atoms with Crippen molar-refractivity contribution in [2.45, 2.75) is 13.8 Å². The molecule has 0 unspecified atom stereocenters. The van der Waals surface area contributed by atoms with Crippen LogP contribution in [0.4, 0.5) is 4.39 Å². The number of hydrogen-bond acceptors (Lipinski definition) is 7. The number of ether oxygens (including phenoxy) is 4. The molecular formula is C22H20FNO6. The maximum atomic E-state index is 13.1. The van der Waals surface area contributed by atoms with Gasteiger partial charge < -0.3 is 18.9 Å². The van der Waals surface area contributed by atoms with E-state index in [1.807, 2.05) is 6.92 Å². The monoisotopic (exact) mass is 413 g/mol. The fraction of sp³-hybridized carbons (Fsp3) is 0.227. The van der Waals surface area contributed by atoms with Crippen LogP contribution in [0.2, 0.25) is 0 Å². The Morgan fingerprint density at radius 2 is 1.83 bits per heavy atom. The summed E-state index contributed by atoms with van der Waals surface area (Å²) in [5.41, 5.74) is 1.21. The maximum Gasteiger partial charge on any atom is 0.363 e. The van der Waals surface area contributed by atoms with Crippen LogP contribution in [0.5, 0.6) is 11.5 Å². The third kappa shape index (κ3) is 5.22. The Balaban J connectivity index is 1.81. The summed E-state index contributed by atoms with van der Waals surface area (Å²) < 4.78 is 34.1. The fourth-order valence-corrected chi connectivity index (χ4v) is 2.62. The summed E-state index contributed by atoms with van der Waals surface area (Å²) in [4.78, 5) is 27.9. The molecule has 2 aromatic carbocycles. The number of benzene rings is 2. The van der Waals surface area contributed by atoms with Crippen LogP contribution in [0.1, 0.15) is 25.0 Å². The normalized spacial score (nSPS) is 14.3. The van der Waals surface area contributed by atoms with Gasteiger partial charge in [-0.15, -0.1) is 0 Å². The average Bonchev–Trinajstić information content (AvgIpc) is 3.08. The molecule has 1 aliphatic heterocycles. The van der Waals surface area contributed by atoms with Crippen LogP contribution in [-0.2, 0) is 19.1 Å². The maximum absolute atomic E-state index is 13.1. The number of cyclic esters (lactones) is 1. The molecule has 0 aromatic heterocycles. The highest BCUT2D eigenvalue weighted by atomic mass is 19.1. The van der Waals surface area contributed by atoms with E-state index in [9.17, 15) is 14.0 Å². The van der Waals surface area contributed by atoms with Crippen LogP contribution in [0, 0.1) is 5.82 Å². The average molecular weight is 413 g/mol. The Morgan fingerprint density at radius 3 is 2.53 bits per heavy atom. The van der Waals surface area contributed by atoms with Gasteiger partial charge in [-0.25, -0.2) is 19.0 Å². The molecule has 30 heavy (non-hydrogen) atoms. The van der Waals surface area contributed by atoms with Crippen molar-refractivity contribution in [3.05, 3.63) is 65.1 Å². The minimum atomic E-state index is -0.616. The van der Waals surface area contributed by atoms with Gasteiger partial charge >= 0.3 is 11.9 Å². The molecule has 0 aliphatic carbocycles. The van der Waals surface area contributed by atoms with E-state index in [-0.39, 0.29) is 24.8 Å². The molecule has 0 radical (unpaired) electrons. The van der Waals surface area contributed by atoms with E-state index >= 15 is 0 Å². The first-order valence-corrected chi connectivity index (χ1v) is 9.34. The SMILES string of the molecule is CCOC(=O)COc1ccc(/C=C2\N=C(c3ccc(F)cc3)OC2=O)cc1OCC. The lowest BCUT2D eigenvalue weighted by Gasteiger charge is -2.12. The van der Waals surface area contributed by atoms with Crippen molar-refractivity contribution >= 4 is 23.9 Å². The Kier molecular flexibility index (Phi) is 6.79. The molecule has 0 amide bonds. The Labute approximate surface area is 172 Å². The quantitative estimate of drug-likeness (QED) is 0.487. The minimum Gasteiger partial charge on any atom is -0.490 e. The van der Waals surface area contributed by atoms with Crippen molar-refractivity contribution in [3.8, 4) is 11.5 Å². The Bertz CT molecular complexity index is 997. The first kappa shape index (κ1) is 21.0. The molecule has 156 valence electrons. The number of esters is 2. The first-order chi connectivity index (χ1) is 14.5. The van der Waals surface area contributed by atoms with Gasteiger partial charge in [0.15, 0.2) is 23.8 Å². The molecule has 2 aromatic rings. The summed E-state index contributed by atoms with van der Waals surface area (Å²) in [6.07, 6.45) is 1.54. The molecule has 0 saturated carbocycles. The van der Waals surface area contributed by atoms with Gasteiger partial charge in [-0.1, -0.05) is 6.07 Å². The van der Waals surface area contributed by atoms with Crippen LogP contribution < -0.4 is 9.47 Å². The van der Waals surface area contributed by atoms with Gasteiger partial charge in [0.2, 0.25) is 5.90 Å². The van der Waals surface area contributed by atoms with E-state index in [4.69, 9.17) is 18.9 Å². The minimum absolute atomic E-state index is 0.0944. The van der Waals surface area contributed by atoms with E-state index in [0.717, 1.165) is 0 Å². The van der Waals surface area contributed by atoms with Crippen LogP contribution in [0.3, 0.4) is 0 Å². The molecule has 0 N–H and O–H groups in total. The number of carbonyl (C=O) groups excluding carboxylic acids is 2. The van der Waals surface area contributed by atoms with E-state index in [0.29, 0.717) is 29.2 Å². The van der Waals surface area contributed by atoms with Crippen molar-refractivity contribution in [3.63, 3.8) is 0 Å². The number of carbonyl (C=O) groups is 2. The third-order valence-corrected chi connectivity index (χ3v) is 3.93. The van der Waals surface area contributed by atoms with Crippen molar-refractivity contribution in [2.24, 2.45) is 4.99 Å². The van der Waals surface area contributed by atoms with Crippen molar-refractivity contribution in [2.75, 3.05) is 19.8 Å². The van der Waals surface area contributed by atoms with Gasteiger partial charge in [-0.3, -0.25) is 0 Å². The predicted octanol–water partition coefficient (Wildman–Crippen LogP) is 3.51. The third-order valence-electron chi connectivity index (χ3n) is 3.93. The summed E-state index contributed by atoms with van der Waals surface area (Å²) in [6.45, 7) is 3.93. The summed E-state index contributed by atoms with van der Waals surface area (Å²) in [5.74, 6) is -0.613. The molecule has 0 atom stereocenters. The Morgan fingerprint density at radius 1 is 1.07 bits per heavy atom. The second-order valence-corrected chi connectivity index (χ2v) is 6.08. The molecule has 1 aliphatic rings. The summed E-state index contributed by atoms with van der Waals surface area (Å²) in [7, 11) is 0. The van der Waals surface area contributed by atoms with E-state index < -0.39 is 17.8 Å². The smallest absolute Gasteiger partial charge is 0.363 e. The molecule has 0 bridgehead atoms. The van der Waals surface area contributed by atoms with E-state index in [1.165, 1.54) is 30.3 Å². The lowest BCUT2D eigenvalue weighted by Crippen LogP contribution is -2.15. The first-order valence-electron chi connectivity index (χ1n) is 9.34. The van der Waals surface area contributed by atoms with Crippen LogP contribution >= 0.6 is 0 Å². The molecule has 8 heteroatoms. The second kappa shape index (κ2) is 9.69. The van der Waals surface area contributed by atoms with Gasteiger partial charge in [0.05, 0.1) is 13.2 Å².